The second-order valence-electron chi connectivity index (χ2n) is 3.91. The zero-order valence-corrected chi connectivity index (χ0v) is 9.41. The molecule has 72 valence electrons. The summed E-state index contributed by atoms with van der Waals surface area (Å²) in [5.74, 6) is -1.52. The standard InChI is InChI=1S/C9H12B4O2/c1-4-7(15)9(12,13)8(10,11)5(2)6(3)14/h5H,4H2,1-3H3. The van der Waals surface area contributed by atoms with Crippen LogP contribution in [0.3, 0.4) is 0 Å². The first kappa shape index (κ1) is 14.6. The zero-order chi connectivity index (χ0) is 12.4. The molecular formula is C9H12B4O2. The number of carbonyl (C=O) groups is 2. The van der Waals surface area contributed by atoms with Gasteiger partial charge in [-0.05, 0) is 6.92 Å². The molecule has 6 heteroatoms. The molecule has 0 saturated carbocycles. The Morgan fingerprint density at radius 2 is 1.60 bits per heavy atom. The molecule has 0 aliphatic heterocycles. The number of ketones is 2. The lowest BCUT2D eigenvalue weighted by Gasteiger charge is -2.46. The summed E-state index contributed by atoms with van der Waals surface area (Å²) in [6.07, 6.45) is 0.119. The molecule has 2 nitrogen and oxygen atoms in total. The van der Waals surface area contributed by atoms with Crippen LogP contribution in [0.25, 0.3) is 0 Å². The van der Waals surface area contributed by atoms with Crippen molar-refractivity contribution in [1.82, 2.24) is 0 Å². The second kappa shape index (κ2) is 4.63. The molecule has 0 heterocycles. The third kappa shape index (κ3) is 2.59. The topological polar surface area (TPSA) is 34.1 Å². The summed E-state index contributed by atoms with van der Waals surface area (Å²) in [7, 11) is 22.6. The molecule has 0 aromatic heterocycles. The number of hydrogen-bond donors (Lipinski definition) is 0. The molecule has 0 amide bonds. The van der Waals surface area contributed by atoms with Gasteiger partial charge in [-0.15, -0.1) is 0 Å². The van der Waals surface area contributed by atoms with Crippen LogP contribution in [0.5, 0.6) is 0 Å². The van der Waals surface area contributed by atoms with Crippen LogP contribution in [0.2, 0.25) is 10.4 Å². The van der Waals surface area contributed by atoms with Gasteiger partial charge in [0.15, 0.2) is 0 Å². The molecule has 0 spiro atoms. The van der Waals surface area contributed by atoms with Gasteiger partial charge in [0.25, 0.3) is 0 Å². The normalized spacial score (nSPS) is 14.6. The number of hydrogen-bond acceptors (Lipinski definition) is 2. The fourth-order valence-electron chi connectivity index (χ4n) is 1.23. The average molecular weight is 195 g/mol. The van der Waals surface area contributed by atoms with Gasteiger partial charge < -0.3 is 4.79 Å². The van der Waals surface area contributed by atoms with Crippen molar-refractivity contribution in [2.45, 2.75) is 37.6 Å². The third-order valence-electron chi connectivity index (χ3n) is 2.83. The lowest BCUT2D eigenvalue weighted by atomic mass is 9.25. The summed E-state index contributed by atoms with van der Waals surface area (Å²) < 4.78 is 0. The molecule has 1 unspecified atom stereocenters. The summed E-state index contributed by atoms with van der Waals surface area (Å²) in [6, 6.07) is 0. The molecular weight excluding hydrogens is 183 g/mol. The fourth-order valence-corrected chi connectivity index (χ4v) is 1.23. The maximum absolute atomic E-state index is 11.5. The monoisotopic (exact) mass is 196 g/mol. The SMILES string of the molecule is [B]C([B])(C(=O)CC)C([B])([B])C(C)C(C)=O. The number of rotatable bonds is 5. The first-order chi connectivity index (χ1) is 6.59. The molecule has 0 saturated heterocycles. The second-order valence-corrected chi connectivity index (χ2v) is 3.91. The van der Waals surface area contributed by atoms with Crippen LogP contribution >= 0.6 is 0 Å². The highest BCUT2D eigenvalue weighted by Crippen LogP contribution is 2.48. The Hall–Kier alpha value is -0.400. The molecule has 1 atom stereocenters. The minimum absolute atomic E-state index is 0.119. The van der Waals surface area contributed by atoms with Crippen molar-refractivity contribution < 1.29 is 9.59 Å². The van der Waals surface area contributed by atoms with Gasteiger partial charge in [-0.1, -0.05) is 24.3 Å². The van der Waals surface area contributed by atoms with Crippen LogP contribution in [-0.4, -0.2) is 43.0 Å². The summed E-state index contributed by atoms with van der Waals surface area (Å²) in [6.45, 7) is 4.43. The van der Waals surface area contributed by atoms with Gasteiger partial charge in [0.2, 0.25) is 0 Å². The zero-order valence-electron chi connectivity index (χ0n) is 9.41. The maximum Gasteiger partial charge on any atom is 0.131 e. The molecule has 0 aliphatic carbocycles. The quantitative estimate of drug-likeness (QED) is 0.583. The van der Waals surface area contributed by atoms with Crippen molar-refractivity contribution in [2.75, 3.05) is 0 Å². The van der Waals surface area contributed by atoms with Gasteiger partial charge >= 0.3 is 0 Å². The highest BCUT2D eigenvalue weighted by molar-refractivity contribution is 6.62. The molecule has 0 bridgehead atoms. The first-order valence-electron chi connectivity index (χ1n) is 4.78. The van der Waals surface area contributed by atoms with Crippen LogP contribution in [0.4, 0.5) is 0 Å². The molecule has 0 rings (SSSR count). The molecule has 0 aromatic rings. The summed E-state index contributed by atoms with van der Waals surface area (Å²) in [5, 5.41) is -3.64. The van der Waals surface area contributed by atoms with Gasteiger partial charge in [0, 0.05) is 12.3 Å². The minimum Gasteiger partial charge on any atom is -0.301 e. The lowest BCUT2D eigenvalue weighted by molar-refractivity contribution is -0.122. The van der Waals surface area contributed by atoms with Gasteiger partial charge in [-0.25, -0.2) is 0 Å². The average Bonchev–Trinajstić information content (AvgIpc) is 2.14. The Morgan fingerprint density at radius 1 is 1.20 bits per heavy atom. The van der Waals surface area contributed by atoms with Crippen molar-refractivity contribution >= 4 is 43.0 Å². The summed E-state index contributed by atoms with van der Waals surface area (Å²) in [4.78, 5) is 22.7. The van der Waals surface area contributed by atoms with Gasteiger partial charge in [0.1, 0.15) is 11.6 Å². The number of Topliss-reactive ketones (excluding diaryl/α,β-unsaturated/α-hetero) is 2. The van der Waals surface area contributed by atoms with Gasteiger partial charge in [-0.3, -0.25) is 4.79 Å². The molecule has 8 radical (unpaired) electrons. The third-order valence-corrected chi connectivity index (χ3v) is 2.83. The van der Waals surface area contributed by atoms with Crippen molar-refractivity contribution in [3.63, 3.8) is 0 Å². The Labute approximate surface area is 96.6 Å². The predicted molar refractivity (Wildman–Crippen MR) is 63.5 cm³/mol. The van der Waals surface area contributed by atoms with E-state index in [1.165, 1.54) is 13.8 Å². The molecule has 0 fully saturated rings. The van der Waals surface area contributed by atoms with Gasteiger partial charge in [0.05, 0.1) is 31.4 Å². The Kier molecular flexibility index (Phi) is 4.50. The highest BCUT2D eigenvalue weighted by atomic mass is 16.1. The summed E-state index contributed by atoms with van der Waals surface area (Å²) in [5.41, 5.74) is 0. The molecule has 15 heavy (non-hydrogen) atoms. The van der Waals surface area contributed by atoms with Gasteiger partial charge in [-0.2, -0.15) is 0 Å². The Morgan fingerprint density at radius 3 is 1.87 bits per heavy atom. The minimum atomic E-state index is -1.90. The van der Waals surface area contributed by atoms with E-state index < -0.39 is 22.1 Å². The van der Waals surface area contributed by atoms with E-state index in [2.05, 4.69) is 0 Å². The van der Waals surface area contributed by atoms with Crippen LogP contribution in [0, 0.1) is 5.92 Å². The van der Waals surface area contributed by atoms with E-state index in [9.17, 15) is 9.59 Å². The van der Waals surface area contributed by atoms with E-state index in [1.54, 1.807) is 6.92 Å². The largest absolute Gasteiger partial charge is 0.301 e. The number of carbonyl (C=O) groups excluding carboxylic acids is 2. The smallest absolute Gasteiger partial charge is 0.131 e. The van der Waals surface area contributed by atoms with Crippen molar-refractivity contribution in [3.8, 4) is 0 Å². The fraction of sp³-hybridized carbons (Fsp3) is 0.778. The van der Waals surface area contributed by atoms with E-state index in [-0.39, 0.29) is 12.2 Å². The predicted octanol–water partition coefficient (Wildman–Crippen LogP) is 0.0970. The van der Waals surface area contributed by atoms with Crippen molar-refractivity contribution in [3.05, 3.63) is 0 Å². The van der Waals surface area contributed by atoms with E-state index in [1.807, 2.05) is 0 Å². The maximum atomic E-state index is 11.5. The molecule has 0 aromatic carbocycles. The van der Waals surface area contributed by atoms with Crippen LogP contribution in [0.15, 0.2) is 0 Å². The first-order valence-corrected chi connectivity index (χ1v) is 4.78. The lowest BCUT2D eigenvalue weighted by Crippen LogP contribution is -2.44. The van der Waals surface area contributed by atoms with Crippen molar-refractivity contribution in [2.24, 2.45) is 5.92 Å². The van der Waals surface area contributed by atoms with E-state index >= 15 is 0 Å². The summed E-state index contributed by atoms with van der Waals surface area (Å²) >= 11 is 0. The van der Waals surface area contributed by atoms with Crippen LogP contribution in [-0.2, 0) is 9.59 Å². The van der Waals surface area contributed by atoms with E-state index in [4.69, 9.17) is 31.4 Å². The van der Waals surface area contributed by atoms with Crippen LogP contribution < -0.4 is 0 Å². The molecule has 0 aliphatic rings. The van der Waals surface area contributed by atoms with Crippen LogP contribution in [0.1, 0.15) is 27.2 Å². The highest BCUT2D eigenvalue weighted by Gasteiger charge is 2.44. The Balaban J connectivity index is 5.17. The van der Waals surface area contributed by atoms with Crippen molar-refractivity contribution in [1.29, 1.82) is 0 Å². The molecule has 0 N–H and O–H groups in total. The van der Waals surface area contributed by atoms with E-state index in [0.717, 1.165) is 0 Å². The Bertz CT molecular complexity index is 273. The van der Waals surface area contributed by atoms with E-state index in [0.29, 0.717) is 0 Å².